The summed E-state index contributed by atoms with van der Waals surface area (Å²) in [7, 11) is 0. The van der Waals surface area contributed by atoms with Crippen LogP contribution in [-0.4, -0.2) is 18.8 Å². The molecule has 0 aromatic carbocycles. The van der Waals surface area contributed by atoms with Crippen molar-refractivity contribution in [1.29, 1.82) is 0 Å². The molecule has 3 heterocycles. The van der Waals surface area contributed by atoms with Crippen LogP contribution in [0.15, 0.2) is 0 Å². The maximum atomic E-state index is 13.2. The standard InChI is InChI=1S/C17H24I2N3O2/c1-3-13(2,24-12(23)16(18-20-16)17-19(21-17)22-17)14-5-9-4-11(9)15(8-14)7-10(15)6-14/h9-11,20-22H,3-8H2,1-2H3/q-1. The topological polar surface area (TPSA) is 92.1 Å². The molecule has 3 N–H and O–H groups in total. The van der Waals surface area contributed by atoms with Gasteiger partial charge in [-0.05, 0) is 0 Å². The number of alkyl halides is 2. The average Bonchev–Trinajstić information content (AvgIpc) is 3.34. The normalized spacial score (nSPS) is 59.8. The van der Waals surface area contributed by atoms with Gasteiger partial charge in [0.25, 0.3) is 0 Å². The minimum absolute atomic E-state index is 0.0286. The van der Waals surface area contributed by atoms with Crippen molar-refractivity contribution in [3.63, 3.8) is 0 Å². The third-order valence-electron chi connectivity index (χ3n) is 8.71. The van der Waals surface area contributed by atoms with Gasteiger partial charge in [0.2, 0.25) is 0 Å². The summed E-state index contributed by atoms with van der Waals surface area (Å²) in [5.41, 5.74) is 0.691. The number of carbonyl (C=O) groups excluding carboxylic acids is 1. The van der Waals surface area contributed by atoms with Crippen molar-refractivity contribution in [2.45, 2.75) is 65.2 Å². The molecule has 134 valence electrons. The molecule has 2 bridgehead atoms. The van der Waals surface area contributed by atoms with E-state index in [-0.39, 0.29) is 45.7 Å². The first kappa shape index (κ1) is 14.8. The molecule has 0 aromatic rings. The number of nitrogens with one attached hydrogen (secondary N) is 3. The van der Waals surface area contributed by atoms with Crippen LogP contribution in [0, 0.1) is 28.6 Å². The molecule has 7 rings (SSSR count). The van der Waals surface area contributed by atoms with E-state index >= 15 is 0 Å². The molecular formula is C17H24I2N3O2-. The fraction of sp³-hybridized carbons (Fsp3) is 0.941. The van der Waals surface area contributed by atoms with Gasteiger partial charge in [0.05, 0.1) is 0 Å². The summed E-state index contributed by atoms with van der Waals surface area (Å²) in [6, 6.07) is 0. The summed E-state index contributed by atoms with van der Waals surface area (Å²) in [5, 5.41) is 0. The second-order valence-electron chi connectivity index (χ2n) is 9.55. The zero-order chi connectivity index (χ0) is 16.2. The van der Waals surface area contributed by atoms with E-state index in [1.807, 2.05) is 0 Å². The molecule has 0 aromatic heterocycles. The molecule has 0 amide bonds. The van der Waals surface area contributed by atoms with Crippen molar-refractivity contribution in [3.8, 4) is 0 Å². The van der Waals surface area contributed by atoms with Gasteiger partial charge in [0.1, 0.15) is 0 Å². The fourth-order valence-corrected chi connectivity index (χ4v) is 16.8. The molecule has 7 atom stereocenters. The Bertz CT molecular complexity index is 704. The van der Waals surface area contributed by atoms with E-state index < -0.39 is 20.4 Å². The van der Waals surface area contributed by atoms with Gasteiger partial charge in [-0.15, -0.1) is 0 Å². The Kier molecular flexibility index (Phi) is 2.37. The molecule has 4 aliphatic carbocycles. The van der Waals surface area contributed by atoms with Crippen molar-refractivity contribution < 1.29 is 31.0 Å². The number of hydrogen-bond acceptors (Lipinski definition) is 5. The van der Waals surface area contributed by atoms with Crippen molar-refractivity contribution >= 4 is 26.3 Å². The Labute approximate surface area is 160 Å². The van der Waals surface area contributed by atoms with Crippen molar-refractivity contribution in [3.05, 3.63) is 0 Å². The van der Waals surface area contributed by atoms with E-state index in [4.69, 9.17) is 4.74 Å². The Morgan fingerprint density at radius 3 is 2.75 bits per heavy atom. The third kappa shape index (κ3) is 1.44. The molecule has 5 nitrogen and oxygen atoms in total. The van der Waals surface area contributed by atoms with Crippen LogP contribution in [0.4, 0.5) is 0 Å². The zero-order valence-electron chi connectivity index (χ0n) is 14.0. The van der Waals surface area contributed by atoms with Crippen molar-refractivity contribution in [2.24, 2.45) is 28.6 Å². The van der Waals surface area contributed by atoms with Gasteiger partial charge in [0, 0.05) is 0 Å². The molecule has 3 saturated heterocycles. The fourth-order valence-electron chi connectivity index (χ4n) is 6.81. The van der Waals surface area contributed by atoms with E-state index in [2.05, 4.69) is 24.4 Å². The second-order valence-corrected chi connectivity index (χ2v) is 16.6. The van der Waals surface area contributed by atoms with Gasteiger partial charge in [-0.25, -0.2) is 0 Å². The molecular weight excluding hydrogens is 532 g/mol. The van der Waals surface area contributed by atoms with Crippen LogP contribution in [0.1, 0.15) is 52.4 Å². The average molecular weight is 556 g/mol. The molecule has 3 aliphatic heterocycles. The quantitative estimate of drug-likeness (QED) is 0.101. The number of hydrogen-bond donors (Lipinski definition) is 3. The summed E-state index contributed by atoms with van der Waals surface area (Å²) >= 11 is -1.36. The first-order chi connectivity index (χ1) is 11.4. The van der Waals surface area contributed by atoms with E-state index in [0.717, 1.165) is 24.2 Å². The van der Waals surface area contributed by atoms with Crippen LogP contribution in [0.2, 0.25) is 0 Å². The van der Waals surface area contributed by atoms with E-state index in [0.29, 0.717) is 5.41 Å². The van der Waals surface area contributed by atoms with Gasteiger partial charge in [-0.2, -0.15) is 0 Å². The van der Waals surface area contributed by atoms with E-state index in [9.17, 15) is 4.79 Å². The molecule has 7 fully saturated rings. The Balaban J connectivity index is 1.21. The van der Waals surface area contributed by atoms with Crippen molar-refractivity contribution in [1.82, 2.24) is 10.6 Å². The van der Waals surface area contributed by atoms with Crippen LogP contribution in [0.5, 0.6) is 0 Å². The first-order valence-corrected chi connectivity index (χ1v) is 14.7. The Hall–Kier alpha value is 0.810. The number of ether oxygens (including phenoxy) is 1. The van der Waals surface area contributed by atoms with Gasteiger partial charge in [0.15, 0.2) is 0 Å². The van der Waals surface area contributed by atoms with Crippen LogP contribution in [0.3, 0.4) is 0 Å². The van der Waals surface area contributed by atoms with E-state index in [1.165, 1.54) is 32.1 Å². The molecule has 4 saturated carbocycles. The molecule has 7 heteroatoms. The minimum atomic E-state index is -1.11. The molecule has 7 aliphatic rings. The van der Waals surface area contributed by atoms with Crippen LogP contribution >= 0.6 is 20.4 Å². The molecule has 7 unspecified atom stereocenters. The predicted molar refractivity (Wildman–Crippen MR) is 92.1 cm³/mol. The van der Waals surface area contributed by atoms with Crippen LogP contribution in [0.25, 0.3) is 0 Å². The summed E-state index contributed by atoms with van der Waals surface area (Å²) in [6.45, 7) is 4.51. The zero-order valence-corrected chi connectivity index (χ0v) is 18.4. The molecule has 1 spiro atoms. The molecule has 0 radical (unpaired) electrons. The first-order valence-electron chi connectivity index (χ1n) is 9.34. The summed E-state index contributed by atoms with van der Waals surface area (Å²) in [4.78, 5) is 13.2. The van der Waals surface area contributed by atoms with Crippen LogP contribution in [-0.2, 0) is 9.53 Å². The SMILES string of the molecule is CCC(C)(OC(=O)C1(C23NI2N3)N[I-]1)C12CC3CC3C3(CC3C1)C2. The van der Waals surface area contributed by atoms with Crippen LogP contribution < -0.4 is 32.1 Å². The number of rotatable bonds is 5. The maximum absolute atomic E-state index is 13.2. The summed E-state index contributed by atoms with van der Waals surface area (Å²) in [5.74, 6) is 3.00. The Morgan fingerprint density at radius 1 is 1.38 bits per heavy atom. The van der Waals surface area contributed by atoms with Gasteiger partial charge < -0.3 is 0 Å². The number of fused-ring (bicyclic) bond motifs is 3. The van der Waals surface area contributed by atoms with Gasteiger partial charge >= 0.3 is 162 Å². The van der Waals surface area contributed by atoms with E-state index in [1.54, 1.807) is 0 Å². The van der Waals surface area contributed by atoms with Crippen molar-refractivity contribution in [2.75, 3.05) is 0 Å². The monoisotopic (exact) mass is 556 g/mol. The number of esters is 1. The second kappa shape index (κ2) is 3.84. The predicted octanol–water partition coefficient (Wildman–Crippen LogP) is -0.975. The third-order valence-corrected chi connectivity index (χ3v) is 17.2. The van der Waals surface area contributed by atoms with Gasteiger partial charge in [-0.3, -0.25) is 0 Å². The molecule has 24 heavy (non-hydrogen) atoms. The summed E-state index contributed by atoms with van der Waals surface area (Å²) in [6.07, 6.45) is 7.90. The summed E-state index contributed by atoms with van der Waals surface area (Å²) < 4.78 is 16.7. The number of halogens is 2. The van der Waals surface area contributed by atoms with Gasteiger partial charge in [-0.1, -0.05) is 0 Å². The number of carbonyl (C=O) groups is 1. The Morgan fingerprint density at radius 2 is 2.12 bits per heavy atom.